The van der Waals surface area contributed by atoms with E-state index in [2.05, 4.69) is 5.32 Å². The smallest absolute Gasteiger partial charge is 0.302 e. The van der Waals surface area contributed by atoms with E-state index < -0.39 is 0 Å². The van der Waals surface area contributed by atoms with Gasteiger partial charge in [0, 0.05) is 12.8 Å². The highest BCUT2D eigenvalue weighted by Crippen LogP contribution is 2.08. The SMILES string of the molecule is O=C(C1CCCN1)[N+]1=CCCC1. The van der Waals surface area contributed by atoms with Crippen LogP contribution >= 0.6 is 0 Å². The van der Waals surface area contributed by atoms with Gasteiger partial charge in [-0.2, -0.15) is 4.58 Å². The van der Waals surface area contributed by atoms with Crippen molar-refractivity contribution in [3.05, 3.63) is 0 Å². The van der Waals surface area contributed by atoms with Crippen molar-refractivity contribution >= 4 is 12.1 Å². The van der Waals surface area contributed by atoms with Crippen molar-refractivity contribution in [2.45, 2.75) is 31.7 Å². The molecule has 1 atom stereocenters. The molecule has 0 aromatic heterocycles. The van der Waals surface area contributed by atoms with Gasteiger partial charge in [0.1, 0.15) is 12.3 Å². The van der Waals surface area contributed by atoms with E-state index in [1.165, 1.54) is 0 Å². The van der Waals surface area contributed by atoms with E-state index in [4.69, 9.17) is 0 Å². The molecule has 2 aliphatic heterocycles. The minimum Gasteiger partial charge on any atom is -0.302 e. The maximum absolute atomic E-state index is 11.7. The van der Waals surface area contributed by atoms with Crippen molar-refractivity contribution in [3.63, 3.8) is 0 Å². The van der Waals surface area contributed by atoms with Gasteiger partial charge in [0.25, 0.3) is 0 Å². The van der Waals surface area contributed by atoms with Gasteiger partial charge in [0.2, 0.25) is 0 Å². The average molecular weight is 167 g/mol. The fourth-order valence-corrected chi connectivity index (χ4v) is 1.90. The zero-order valence-corrected chi connectivity index (χ0v) is 7.25. The van der Waals surface area contributed by atoms with E-state index in [1.54, 1.807) is 0 Å². The molecule has 2 aliphatic rings. The van der Waals surface area contributed by atoms with Crippen molar-refractivity contribution in [1.82, 2.24) is 5.32 Å². The minimum absolute atomic E-state index is 0.111. The molecule has 3 nitrogen and oxygen atoms in total. The fraction of sp³-hybridized carbons (Fsp3) is 0.778. The van der Waals surface area contributed by atoms with Crippen LogP contribution in [-0.4, -0.2) is 35.8 Å². The number of rotatable bonds is 1. The Hall–Kier alpha value is -0.700. The molecule has 2 heterocycles. The number of carbonyl (C=O) groups is 1. The van der Waals surface area contributed by atoms with Gasteiger partial charge >= 0.3 is 5.91 Å². The molecule has 3 heteroatoms. The molecule has 0 aliphatic carbocycles. The zero-order valence-electron chi connectivity index (χ0n) is 7.25. The van der Waals surface area contributed by atoms with Gasteiger partial charge in [-0.05, 0) is 19.4 Å². The van der Waals surface area contributed by atoms with Crippen molar-refractivity contribution < 1.29 is 9.37 Å². The predicted molar refractivity (Wildman–Crippen MR) is 46.5 cm³/mol. The van der Waals surface area contributed by atoms with Crippen LogP contribution in [0.5, 0.6) is 0 Å². The lowest BCUT2D eigenvalue weighted by Gasteiger charge is -2.03. The summed E-state index contributed by atoms with van der Waals surface area (Å²) in [6.07, 6.45) is 6.40. The highest BCUT2D eigenvalue weighted by atomic mass is 16.2. The van der Waals surface area contributed by atoms with Crippen molar-refractivity contribution in [2.75, 3.05) is 13.1 Å². The average Bonchev–Trinajstić information content (AvgIpc) is 2.77. The molecule has 1 fully saturated rings. The second kappa shape index (κ2) is 3.35. The van der Waals surface area contributed by atoms with E-state index in [0.29, 0.717) is 0 Å². The van der Waals surface area contributed by atoms with Gasteiger partial charge < -0.3 is 5.32 Å². The first kappa shape index (κ1) is 7.92. The Kier molecular flexibility index (Phi) is 2.21. The lowest BCUT2D eigenvalue weighted by molar-refractivity contribution is -0.438. The Labute approximate surface area is 72.5 Å². The third-order valence-electron chi connectivity index (χ3n) is 2.59. The molecule has 0 aromatic rings. The molecule has 1 saturated heterocycles. The largest absolute Gasteiger partial charge is 0.403 e. The van der Waals surface area contributed by atoms with Crippen LogP contribution < -0.4 is 5.32 Å². The van der Waals surface area contributed by atoms with Gasteiger partial charge in [-0.3, -0.25) is 0 Å². The Morgan fingerprint density at radius 2 is 2.42 bits per heavy atom. The summed E-state index contributed by atoms with van der Waals surface area (Å²) in [5.74, 6) is 0.282. The molecule has 1 N–H and O–H groups in total. The maximum Gasteiger partial charge on any atom is 0.403 e. The number of hydrogen-bond donors (Lipinski definition) is 1. The Morgan fingerprint density at radius 3 is 3.00 bits per heavy atom. The zero-order chi connectivity index (χ0) is 8.39. The Balaban J connectivity index is 1.98. The van der Waals surface area contributed by atoms with Crippen LogP contribution in [0, 0.1) is 0 Å². The van der Waals surface area contributed by atoms with Gasteiger partial charge in [-0.15, -0.1) is 0 Å². The molecule has 1 amide bonds. The van der Waals surface area contributed by atoms with Crippen LogP contribution in [0.1, 0.15) is 25.7 Å². The maximum atomic E-state index is 11.7. The number of amides is 1. The molecule has 0 saturated carbocycles. The number of nitrogens with one attached hydrogen (secondary N) is 1. The summed E-state index contributed by atoms with van der Waals surface area (Å²) in [7, 11) is 0. The lowest BCUT2D eigenvalue weighted by Crippen LogP contribution is -2.38. The first-order chi connectivity index (χ1) is 5.88. The molecular formula is C9H15N2O+. The number of hydrogen-bond acceptors (Lipinski definition) is 2. The standard InChI is InChI=1S/C9H15N2O/c12-9(8-4-3-5-10-8)11-6-1-2-7-11/h6,8,10H,1-5,7H2/q+1. The lowest BCUT2D eigenvalue weighted by atomic mass is 10.2. The molecule has 0 bridgehead atoms. The third-order valence-corrected chi connectivity index (χ3v) is 2.59. The third kappa shape index (κ3) is 1.41. The predicted octanol–water partition coefficient (Wildman–Crippen LogP) is 0.142. The molecule has 12 heavy (non-hydrogen) atoms. The molecule has 0 radical (unpaired) electrons. The quantitative estimate of drug-likeness (QED) is 0.563. The monoisotopic (exact) mass is 167 g/mol. The summed E-state index contributed by atoms with van der Waals surface area (Å²) in [5, 5.41) is 3.22. The van der Waals surface area contributed by atoms with Gasteiger partial charge in [0.05, 0.1) is 0 Å². The first-order valence-electron chi connectivity index (χ1n) is 4.75. The highest BCUT2D eigenvalue weighted by Gasteiger charge is 2.32. The Bertz CT molecular complexity index is 217. The van der Waals surface area contributed by atoms with E-state index in [1.807, 2.05) is 10.8 Å². The van der Waals surface area contributed by atoms with Crippen molar-refractivity contribution in [1.29, 1.82) is 0 Å². The highest BCUT2D eigenvalue weighted by molar-refractivity contribution is 5.78. The second-order valence-corrected chi connectivity index (χ2v) is 3.51. The summed E-state index contributed by atoms with van der Waals surface area (Å²) >= 11 is 0. The topological polar surface area (TPSA) is 32.1 Å². The molecule has 1 unspecified atom stereocenters. The summed E-state index contributed by atoms with van der Waals surface area (Å²) in [4.78, 5) is 11.7. The molecule has 66 valence electrons. The van der Waals surface area contributed by atoms with E-state index in [0.717, 1.165) is 38.8 Å². The molecular weight excluding hydrogens is 152 g/mol. The summed E-state index contributed by atoms with van der Waals surface area (Å²) in [6, 6.07) is 0.111. The molecule has 0 spiro atoms. The van der Waals surface area contributed by atoms with Crippen LogP contribution in [0.25, 0.3) is 0 Å². The van der Waals surface area contributed by atoms with Gasteiger partial charge in [-0.1, -0.05) is 0 Å². The second-order valence-electron chi connectivity index (χ2n) is 3.51. The van der Waals surface area contributed by atoms with Gasteiger partial charge in [-0.25, -0.2) is 4.79 Å². The van der Waals surface area contributed by atoms with Crippen LogP contribution in [-0.2, 0) is 4.79 Å². The number of nitrogens with zero attached hydrogens (tertiary/aromatic N) is 1. The van der Waals surface area contributed by atoms with Crippen LogP contribution in [0.15, 0.2) is 0 Å². The minimum atomic E-state index is 0.111. The van der Waals surface area contributed by atoms with Crippen LogP contribution in [0.2, 0.25) is 0 Å². The van der Waals surface area contributed by atoms with E-state index >= 15 is 0 Å². The summed E-state index contributed by atoms with van der Waals surface area (Å²) < 4.78 is 1.88. The van der Waals surface area contributed by atoms with E-state index in [9.17, 15) is 4.79 Å². The summed E-state index contributed by atoms with van der Waals surface area (Å²) in [5.41, 5.74) is 0. The van der Waals surface area contributed by atoms with Crippen molar-refractivity contribution in [2.24, 2.45) is 0 Å². The van der Waals surface area contributed by atoms with Crippen molar-refractivity contribution in [3.8, 4) is 0 Å². The summed E-state index contributed by atoms with van der Waals surface area (Å²) in [6.45, 7) is 1.93. The van der Waals surface area contributed by atoms with E-state index in [-0.39, 0.29) is 11.9 Å². The Morgan fingerprint density at radius 1 is 1.50 bits per heavy atom. The molecule has 2 rings (SSSR count). The molecule has 0 aromatic carbocycles. The van der Waals surface area contributed by atoms with Crippen LogP contribution in [0.3, 0.4) is 0 Å². The first-order valence-corrected chi connectivity index (χ1v) is 4.75. The van der Waals surface area contributed by atoms with Crippen LogP contribution in [0.4, 0.5) is 0 Å². The fourth-order valence-electron chi connectivity index (χ4n) is 1.90. The normalized spacial score (nSPS) is 29.0. The van der Waals surface area contributed by atoms with Gasteiger partial charge in [0.15, 0.2) is 6.54 Å². The number of carbonyl (C=O) groups excluding carboxylic acids is 1.